The molecule has 5 nitrogen and oxygen atoms in total. The molecule has 2 amide bonds. The van der Waals surface area contributed by atoms with Crippen LogP contribution in [0.15, 0.2) is 53.0 Å². The normalized spacial score (nSPS) is 11.5. The number of rotatable bonds is 6. The quantitative estimate of drug-likeness (QED) is 0.794. The van der Waals surface area contributed by atoms with Gasteiger partial charge in [0.05, 0.1) is 6.54 Å². The lowest BCUT2D eigenvalue weighted by atomic mass is 10.2. The van der Waals surface area contributed by atoms with E-state index in [0.717, 1.165) is 10.0 Å². The summed E-state index contributed by atoms with van der Waals surface area (Å²) in [4.78, 5) is 23.8. The summed E-state index contributed by atoms with van der Waals surface area (Å²) in [5.74, 6) is -0.0303. The molecule has 0 spiro atoms. The molecule has 0 aliphatic rings. The van der Waals surface area contributed by atoms with Crippen molar-refractivity contribution in [3.63, 3.8) is 0 Å². The van der Waals surface area contributed by atoms with E-state index in [2.05, 4.69) is 26.6 Å². The van der Waals surface area contributed by atoms with Crippen molar-refractivity contribution in [3.05, 3.63) is 58.6 Å². The maximum atomic E-state index is 12.0. The SMILES string of the molecule is Cc1ccc(OC(C)C(=O)NCC(=O)Nc2ccc(Br)cc2)cc1. The number of benzene rings is 2. The minimum atomic E-state index is -0.687. The van der Waals surface area contributed by atoms with Gasteiger partial charge in [-0.15, -0.1) is 0 Å². The van der Waals surface area contributed by atoms with Crippen molar-refractivity contribution in [2.75, 3.05) is 11.9 Å². The molecule has 2 aromatic carbocycles. The predicted molar refractivity (Wildman–Crippen MR) is 97.1 cm³/mol. The summed E-state index contributed by atoms with van der Waals surface area (Å²) in [5.41, 5.74) is 1.78. The first-order chi connectivity index (χ1) is 11.4. The first-order valence-electron chi connectivity index (χ1n) is 7.50. The van der Waals surface area contributed by atoms with Crippen LogP contribution in [-0.4, -0.2) is 24.5 Å². The van der Waals surface area contributed by atoms with E-state index in [9.17, 15) is 9.59 Å². The second kappa shape index (κ2) is 8.49. The lowest BCUT2D eigenvalue weighted by Crippen LogP contribution is -2.40. The number of amides is 2. The number of ether oxygens (including phenoxy) is 1. The Morgan fingerprint density at radius 1 is 1.08 bits per heavy atom. The molecular formula is C18H19BrN2O3. The Morgan fingerprint density at radius 3 is 2.33 bits per heavy atom. The van der Waals surface area contributed by atoms with Crippen LogP contribution >= 0.6 is 15.9 Å². The smallest absolute Gasteiger partial charge is 0.261 e. The number of aryl methyl sites for hydroxylation is 1. The maximum absolute atomic E-state index is 12.0. The highest BCUT2D eigenvalue weighted by Crippen LogP contribution is 2.14. The molecule has 0 saturated carbocycles. The zero-order chi connectivity index (χ0) is 17.5. The first-order valence-corrected chi connectivity index (χ1v) is 8.30. The highest BCUT2D eigenvalue weighted by Gasteiger charge is 2.15. The number of nitrogens with one attached hydrogen (secondary N) is 2. The molecule has 0 aromatic heterocycles. The van der Waals surface area contributed by atoms with Gasteiger partial charge in [0.1, 0.15) is 5.75 Å². The van der Waals surface area contributed by atoms with Crippen LogP contribution < -0.4 is 15.4 Å². The summed E-state index contributed by atoms with van der Waals surface area (Å²) < 4.78 is 6.47. The van der Waals surface area contributed by atoms with Gasteiger partial charge in [0, 0.05) is 10.2 Å². The van der Waals surface area contributed by atoms with E-state index < -0.39 is 6.10 Å². The fraction of sp³-hybridized carbons (Fsp3) is 0.222. The summed E-state index contributed by atoms with van der Waals surface area (Å²) in [6, 6.07) is 14.6. The molecule has 24 heavy (non-hydrogen) atoms. The third kappa shape index (κ3) is 5.70. The molecule has 0 aliphatic carbocycles. The van der Waals surface area contributed by atoms with E-state index in [1.54, 1.807) is 31.2 Å². The Kier molecular flexibility index (Phi) is 6.37. The topological polar surface area (TPSA) is 67.4 Å². The molecule has 2 aromatic rings. The Hall–Kier alpha value is -2.34. The molecular weight excluding hydrogens is 372 g/mol. The molecule has 2 N–H and O–H groups in total. The van der Waals surface area contributed by atoms with Gasteiger partial charge in [-0.25, -0.2) is 0 Å². The van der Waals surface area contributed by atoms with E-state index in [1.807, 2.05) is 31.2 Å². The predicted octanol–water partition coefficient (Wildman–Crippen LogP) is 3.28. The van der Waals surface area contributed by atoms with Gasteiger partial charge in [0.2, 0.25) is 5.91 Å². The average Bonchev–Trinajstić information content (AvgIpc) is 2.57. The molecule has 1 atom stereocenters. The standard InChI is InChI=1S/C18H19BrN2O3/c1-12-3-9-16(10-4-12)24-13(2)18(23)20-11-17(22)21-15-7-5-14(19)6-8-15/h3-10,13H,11H2,1-2H3,(H,20,23)(H,21,22). The van der Waals surface area contributed by atoms with Gasteiger partial charge in [0.25, 0.3) is 5.91 Å². The number of hydrogen-bond donors (Lipinski definition) is 2. The Labute approximate surface area is 149 Å². The third-order valence-electron chi connectivity index (χ3n) is 3.25. The zero-order valence-electron chi connectivity index (χ0n) is 13.5. The minimum Gasteiger partial charge on any atom is -0.481 e. The van der Waals surface area contributed by atoms with Crippen LogP contribution in [-0.2, 0) is 9.59 Å². The van der Waals surface area contributed by atoms with Gasteiger partial charge < -0.3 is 15.4 Å². The summed E-state index contributed by atoms with van der Waals surface area (Å²) in [6.45, 7) is 3.50. The first kappa shape index (κ1) is 18.0. The van der Waals surface area contributed by atoms with Crippen LogP contribution in [0.25, 0.3) is 0 Å². The van der Waals surface area contributed by atoms with Crippen LogP contribution in [0.2, 0.25) is 0 Å². The number of hydrogen-bond acceptors (Lipinski definition) is 3. The van der Waals surface area contributed by atoms with Gasteiger partial charge in [-0.05, 0) is 50.2 Å². The van der Waals surface area contributed by atoms with E-state index in [0.29, 0.717) is 11.4 Å². The zero-order valence-corrected chi connectivity index (χ0v) is 15.1. The van der Waals surface area contributed by atoms with Gasteiger partial charge in [-0.3, -0.25) is 9.59 Å². The summed E-state index contributed by atoms with van der Waals surface area (Å²) in [6.07, 6.45) is -0.687. The number of carbonyl (C=O) groups excluding carboxylic acids is 2. The average molecular weight is 391 g/mol. The minimum absolute atomic E-state index is 0.115. The molecule has 0 saturated heterocycles. The maximum Gasteiger partial charge on any atom is 0.261 e. The van der Waals surface area contributed by atoms with Crippen LogP contribution in [0.5, 0.6) is 5.75 Å². The van der Waals surface area contributed by atoms with Crippen molar-refractivity contribution in [1.29, 1.82) is 0 Å². The largest absolute Gasteiger partial charge is 0.481 e. The lowest BCUT2D eigenvalue weighted by Gasteiger charge is -2.14. The molecule has 0 heterocycles. The van der Waals surface area contributed by atoms with Gasteiger partial charge in [-0.2, -0.15) is 0 Å². The van der Waals surface area contributed by atoms with Gasteiger partial charge in [-0.1, -0.05) is 33.6 Å². The van der Waals surface area contributed by atoms with Crippen LogP contribution in [0, 0.1) is 6.92 Å². The Balaban J connectivity index is 1.77. The highest BCUT2D eigenvalue weighted by molar-refractivity contribution is 9.10. The van der Waals surface area contributed by atoms with E-state index in [4.69, 9.17) is 4.74 Å². The van der Waals surface area contributed by atoms with Crippen LogP contribution in [0.1, 0.15) is 12.5 Å². The molecule has 0 bridgehead atoms. The van der Waals surface area contributed by atoms with E-state index in [1.165, 1.54) is 0 Å². The van der Waals surface area contributed by atoms with Crippen molar-refractivity contribution in [3.8, 4) is 5.75 Å². The molecule has 0 aliphatic heterocycles. The van der Waals surface area contributed by atoms with Crippen molar-refractivity contribution in [2.45, 2.75) is 20.0 Å². The lowest BCUT2D eigenvalue weighted by molar-refractivity contribution is -0.129. The van der Waals surface area contributed by atoms with Crippen molar-refractivity contribution in [1.82, 2.24) is 5.32 Å². The molecule has 1 unspecified atom stereocenters. The Bertz CT molecular complexity index is 699. The van der Waals surface area contributed by atoms with Crippen molar-refractivity contribution in [2.24, 2.45) is 0 Å². The molecule has 2 rings (SSSR count). The molecule has 6 heteroatoms. The van der Waals surface area contributed by atoms with Gasteiger partial charge >= 0.3 is 0 Å². The molecule has 0 fully saturated rings. The van der Waals surface area contributed by atoms with Crippen molar-refractivity contribution >= 4 is 33.4 Å². The van der Waals surface area contributed by atoms with Crippen LogP contribution in [0.3, 0.4) is 0 Å². The second-order valence-electron chi connectivity index (χ2n) is 5.35. The number of anilines is 1. The fourth-order valence-corrected chi connectivity index (χ4v) is 2.19. The molecule has 0 radical (unpaired) electrons. The van der Waals surface area contributed by atoms with E-state index in [-0.39, 0.29) is 18.4 Å². The second-order valence-corrected chi connectivity index (χ2v) is 6.26. The van der Waals surface area contributed by atoms with Gasteiger partial charge in [0.15, 0.2) is 6.10 Å². The summed E-state index contributed by atoms with van der Waals surface area (Å²) in [7, 11) is 0. The van der Waals surface area contributed by atoms with Crippen LogP contribution in [0.4, 0.5) is 5.69 Å². The monoisotopic (exact) mass is 390 g/mol. The third-order valence-corrected chi connectivity index (χ3v) is 3.78. The van der Waals surface area contributed by atoms with E-state index >= 15 is 0 Å². The molecule has 126 valence electrons. The number of carbonyl (C=O) groups is 2. The summed E-state index contributed by atoms with van der Waals surface area (Å²) >= 11 is 3.32. The van der Waals surface area contributed by atoms with Crippen molar-refractivity contribution < 1.29 is 14.3 Å². The highest BCUT2D eigenvalue weighted by atomic mass is 79.9. The fourth-order valence-electron chi connectivity index (χ4n) is 1.92. The summed E-state index contributed by atoms with van der Waals surface area (Å²) in [5, 5.41) is 5.26. The Morgan fingerprint density at radius 2 is 1.71 bits per heavy atom. The number of halogens is 1.